The maximum absolute atomic E-state index is 13.8. The Bertz CT molecular complexity index is 1200. The summed E-state index contributed by atoms with van der Waals surface area (Å²) in [6, 6.07) is 10.6. The number of rotatable bonds is 10. The minimum absolute atomic E-state index is 0.0700. The summed E-state index contributed by atoms with van der Waals surface area (Å²) < 4.78 is 26.4. The predicted octanol–water partition coefficient (Wildman–Crippen LogP) is 5.67. The summed E-state index contributed by atoms with van der Waals surface area (Å²) in [5.41, 5.74) is 0.851. The van der Waals surface area contributed by atoms with Gasteiger partial charge in [-0.15, -0.1) is 0 Å². The molecule has 1 aliphatic carbocycles. The number of hydrogen-bond donors (Lipinski definition) is 1. The topological polar surface area (TPSA) is 86.8 Å². The highest BCUT2D eigenvalue weighted by Gasteiger charge is 2.33. The number of sulfonamides is 1. The molecule has 0 saturated heterocycles. The van der Waals surface area contributed by atoms with Crippen LogP contribution in [0.4, 0.5) is 5.69 Å². The Morgan fingerprint density at radius 2 is 1.62 bits per heavy atom. The van der Waals surface area contributed by atoms with Crippen LogP contribution in [0.5, 0.6) is 0 Å². The molecule has 37 heavy (non-hydrogen) atoms. The van der Waals surface area contributed by atoms with E-state index in [9.17, 15) is 18.0 Å². The van der Waals surface area contributed by atoms with Gasteiger partial charge < -0.3 is 10.2 Å². The van der Waals surface area contributed by atoms with Crippen molar-refractivity contribution in [1.82, 2.24) is 10.2 Å². The predicted molar refractivity (Wildman–Crippen MR) is 150 cm³/mol. The third-order valence-electron chi connectivity index (χ3n) is 6.46. The van der Waals surface area contributed by atoms with Crippen molar-refractivity contribution in [3.63, 3.8) is 0 Å². The number of halogens is 3. The quantitative estimate of drug-likeness (QED) is 0.388. The molecule has 1 unspecified atom stereocenters. The average molecular weight is 589 g/mol. The second-order valence-electron chi connectivity index (χ2n) is 9.28. The molecular weight excluding hydrogens is 557 g/mol. The van der Waals surface area contributed by atoms with Gasteiger partial charge >= 0.3 is 0 Å². The van der Waals surface area contributed by atoms with Crippen molar-refractivity contribution < 1.29 is 18.0 Å². The van der Waals surface area contributed by atoms with Crippen LogP contribution in [-0.2, 0) is 26.2 Å². The van der Waals surface area contributed by atoms with Gasteiger partial charge in [-0.05, 0) is 55.2 Å². The molecule has 2 aromatic rings. The Morgan fingerprint density at radius 3 is 2.22 bits per heavy atom. The van der Waals surface area contributed by atoms with Gasteiger partial charge in [0.25, 0.3) is 0 Å². The summed E-state index contributed by atoms with van der Waals surface area (Å²) in [6.07, 6.45) is 6.42. The molecular formula is C26H32Cl3N3O4S. The number of carbonyl (C=O) groups excluding carboxylic acids is 2. The van der Waals surface area contributed by atoms with Gasteiger partial charge in [-0.3, -0.25) is 13.9 Å². The molecule has 7 nitrogen and oxygen atoms in total. The van der Waals surface area contributed by atoms with Crippen molar-refractivity contribution >= 4 is 62.3 Å². The number of nitrogens with one attached hydrogen (secondary N) is 1. The molecule has 0 aromatic heterocycles. The number of anilines is 1. The molecule has 11 heteroatoms. The Hall–Kier alpha value is -2.00. The van der Waals surface area contributed by atoms with Crippen LogP contribution in [0.25, 0.3) is 0 Å². The van der Waals surface area contributed by atoms with Crippen molar-refractivity contribution in [3.05, 3.63) is 63.1 Å². The van der Waals surface area contributed by atoms with E-state index in [1.54, 1.807) is 24.3 Å². The molecule has 1 N–H and O–H groups in total. The largest absolute Gasteiger partial charge is 0.352 e. The third-order valence-corrected chi connectivity index (χ3v) is 8.39. The van der Waals surface area contributed by atoms with E-state index in [4.69, 9.17) is 34.8 Å². The number of nitrogens with zero attached hydrogens (tertiary/aromatic N) is 2. The van der Waals surface area contributed by atoms with Crippen LogP contribution in [0.15, 0.2) is 42.5 Å². The molecule has 0 bridgehead atoms. The lowest BCUT2D eigenvalue weighted by Gasteiger charge is -2.34. The minimum Gasteiger partial charge on any atom is -0.352 e. The zero-order valence-corrected chi connectivity index (χ0v) is 24.0. The molecule has 0 radical (unpaired) electrons. The van der Waals surface area contributed by atoms with E-state index in [2.05, 4.69) is 5.32 Å². The first kappa shape index (κ1) is 29.6. The lowest BCUT2D eigenvalue weighted by molar-refractivity contribution is -0.140. The van der Waals surface area contributed by atoms with Gasteiger partial charge in [0.15, 0.2) is 0 Å². The molecule has 2 amide bonds. The standard InChI is InChI=1S/C26H32Cl3N3O4S/c1-3-23(26(34)30-21-7-5-4-6-8-21)31(16-18-9-11-19(27)12-10-18)25(33)17-32(37(2,35)36)24-15-20(28)13-14-22(24)29/h9-15,21,23H,3-8,16-17H2,1-2H3,(H,30,34). The van der Waals surface area contributed by atoms with Crippen LogP contribution < -0.4 is 9.62 Å². The minimum atomic E-state index is -3.91. The van der Waals surface area contributed by atoms with Gasteiger partial charge in [-0.1, -0.05) is 73.1 Å². The van der Waals surface area contributed by atoms with Gasteiger partial charge in [0, 0.05) is 22.6 Å². The summed E-state index contributed by atoms with van der Waals surface area (Å²) in [6.45, 7) is 1.39. The van der Waals surface area contributed by atoms with Gasteiger partial charge in [-0.2, -0.15) is 0 Å². The molecule has 1 atom stereocenters. The fraction of sp³-hybridized carbons (Fsp3) is 0.462. The van der Waals surface area contributed by atoms with Gasteiger partial charge in [0.05, 0.1) is 17.0 Å². The molecule has 1 saturated carbocycles. The van der Waals surface area contributed by atoms with E-state index in [0.717, 1.165) is 48.2 Å². The van der Waals surface area contributed by atoms with E-state index in [1.165, 1.54) is 23.1 Å². The molecule has 3 rings (SSSR count). The molecule has 2 aromatic carbocycles. The van der Waals surface area contributed by atoms with Crippen LogP contribution in [0, 0.1) is 0 Å². The van der Waals surface area contributed by atoms with Crippen LogP contribution in [0.3, 0.4) is 0 Å². The van der Waals surface area contributed by atoms with Crippen LogP contribution in [0.1, 0.15) is 51.0 Å². The van der Waals surface area contributed by atoms with Crippen molar-refractivity contribution in [3.8, 4) is 0 Å². The molecule has 0 aliphatic heterocycles. The SMILES string of the molecule is CCC(C(=O)NC1CCCCC1)N(Cc1ccc(Cl)cc1)C(=O)CN(c1cc(Cl)ccc1Cl)S(C)(=O)=O. The summed E-state index contributed by atoms with van der Waals surface area (Å²) in [5, 5.41) is 4.06. The van der Waals surface area contributed by atoms with E-state index in [-0.39, 0.29) is 34.2 Å². The maximum Gasteiger partial charge on any atom is 0.244 e. The van der Waals surface area contributed by atoms with Gasteiger partial charge in [0.2, 0.25) is 21.8 Å². The maximum atomic E-state index is 13.8. The van der Waals surface area contributed by atoms with Crippen molar-refractivity contribution in [1.29, 1.82) is 0 Å². The van der Waals surface area contributed by atoms with Gasteiger partial charge in [0.1, 0.15) is 12.6 Å². The number of carbonyl (C=O) groups is 2. The Morgan fingerprint density at radius 1 is 1.00 bits per heavy atom. The molecule has 1 fully saturated rings. The smallest absolute Gasteiger partial charge is 0.244 e. The fourth-order valence-corrected chi connectivity index (χ4v) is 5.94. The zero-order chi connectivity index (χ0) is 27.2. The summed E-state index contributed by atoms with van der Waals surface area (Å²) in [5.74, 6) is -0.787. The van der Waals surface area contributed by atoms with E-state index >= 15 is 0 Å². The monoisotopic (exact) mass is 587 g/mol. The van der Waals surface area contributed by atoms with E-state index in [0.29, 0.717) is 11.4 Å². The van der Waals surface area contributed by atoms with E-state index < -0.39 is 28.5 Å². The second-order valence-corrected chi connectivity index (χ2v) is 12.5. The number of benzene rings is 2. The third kappa shape index (κ3) is 8.24. The Kier molecular flexibility index (Phi) is 10.5. The van der Waals surface area contributed by atoms with Crippen molar-refractivity contribution in [2.75, 3.05) is 17.1 Å². The van der Waals surface area contributed by atoms with Crippen LogP contribution >= 0.6 is 34.8 Å². The number of hydrogen-bond acceptors (Lipinski definition) is 4. The highest BCUT2D eigenvalue weighted by Crippen LogP contribution is 2.31. The van der Waals surface area contributed by atoms with Crippen LogP contribution in [0.2, 0.25) is 15.1 Å². The highest BCUT2D eigenvalue weighted by atomic mass is 35.5. The molecule has 1 aliphatic rings. The zero-order valence-electron chi connectivity index (χ0n) is 20.9. The fourth-order valence-electron chi connectivity index (χ4n) is 4.52. The normalized spacial score (nSPS) is 15.2. The van der Waals surface area contributed by atoms with Crippen molar-refractivity contribution in [2.24, 2.45) is 0 Å². The van der Waals surface area contributed by atoms with Gasteiger partial charge in [-0.25, -0.2) is 8.42 Å². The first-order valence-electron chi connectivity index (χ1n) is 12.3. The van der Waals surface area contributed by atoms with E-state index in [1.807, 2.05) is 6.92 Å². The Balaban J connectivity index is 1.93. The lowest BCUT2D eigenvalue weighted by Crippen LogP contribution is -2.54. The lowest BCUT2D eigenvalue weighted by atomic mass is 9.95. The first-order chi connectivity index (χ1) is 17.5. The first-order valence-corrected chi connectivity index (χ1v) is 15.2. The average Bonchev–Trinajstić information content (AvgIpc) is 2.85. The molecule has 0 spiro atoms. The molecule has 202 valence electrons. The van der Waals surface area contributed by atoms with Crippen molar-refractivity contribution in [2.45, 2.75) is 64.1 Å². The highest BCUT2D eigenvalue weighted by molar-refractivity contribution is 7.92. The number of amides is 2. The summed E-state index contributed by atoms with van der Waals surface area (Å²) >= 11 is 18.4. The second kappa shape index (κ2) is 13.2. The summed E-state index contributed by atoms with van der Waals surface area (Å²) in [7, 11) is -3.91. The summed E-state index contributed by atoms with van der Waals surface area (Å²) in [4.78, 5) is 28.6. The molecule has 0 heterocycles. The Labute approximate surface area is 234 Å². The van der Waals surface area contributed by atoms with Crippen LogP contribution in [-0.4, -0.2) is 50.0 Å².